The zero-order valence-corrected chi connectivity index (χ0v) is 19.4. The Morgan fingerprint density at radius 1 is 1.12 bits per heavy atom. The van der Waals surface area contributed by atoms with Crippen molar-refractivity contribution in [2.24, 2.45) is 20.4 Å². The first-order valence-electron chi connectivity index (χ1n) is 10.4. The van der Waals surface area contributed by atoms with E-state index in [2.05, 4.69) is 78.8 Å². The van der Waals surface area contributed by atoms with Gasteiger partial charge in [-0.25, -0.2) is 0 Å². The first-order valence-corrected chi connectivity index (χ1v) is 10.4. The van der Waals surface area contributed by atoms with Crippen LogP contribution in [0.1, 0.15) is 55.4 Å². The SMILES string of the molecule is C.C.C.C=C1CC(C)N1.CC1=CCN=C1.CC1=NN=NC1.CN1CCOCC1.Cc1nnco1. The van der Waals surface area contributed by atoms with Gasteiger partial charge in [0, 0.05) is 44.4 Å². The number of likely N-dealkylation sites (N-methyl/N-ethyl adjacent to an activating group) is 1. The van der Waals surface area contributed by atoms with Crippen LogP contribution in [0.2, 0.25) is 0 Å². The summed E-state index contributed by atoms with van der Waals surface area (Å²) < 4.78 is 9.71. The third kappa shape index (κ3) is 19.9. The Hall–Kier alpha value is -2.72. The third-order valence-corrected chi connectivity index (χ3v) is 4.10. The van der Waals surface area contributed by atoms with Gasteiger partial charge in [0.2, 0.25) is 12.3 Å². The molecule has 1 aromatic heterocycles. The van der Waals surface area contributed by atoms with Gasteiger partial charge >= 0.3 is 0 Å². The maximum Gasteiger partial charge on any atom is 0.213 e. The monoisotopic (exact) mass is 480 g/mol. The molecule has 10 heteroatoms. The third-order valence-electron chi connectivity index (χ3n) is 4.10. The summed E-state index contributed by atoms with van der Waals surface area (Å²) in [7, 11) is 2.11. The molecule has 0 aliphatic carbocycles. The number of allylic oxidation sites excluding steroid dienone is 1. The minimum atomic E-state index is 0. The van der Waals surface area contributed by atoms with Gasteiger partial charge in [-0.2, -0.15) is 5.11 Å². The predicted molar refractivity (Wildman–Crippen MR) is 144 cm³/mol. The van der Waals surface area contributed by atoms with E-state index in [1.165, 1.54) is 24.1 Å². The largest absolute Gasteiger partial charge is 0.428 e. The minimum Gasteiger partial charge on any atom is -0.428 e. The van der Waals surface area contributed by atoms with Gasteiger partial charge in [0.1, 0.15) is 6.54 Å². The standard InChI is InChI=1S/C5H11NO.C5H9N.C5H7N.C3H5N3.C3H4N2O.3CH4/c1-6-2-4-7-5-3-6;1-4-3-5(2)6-4;1-5-2-3-6-4-5;1-3-2-4-6-5-3;1-3-5-4-2-6-3;;;/h2-5H2,1H3;5-6H,1,3H2,2H3;2,4H,3H2,1H3;2H2,1H3;2H,1H3;3*1H4. The van der Waals surface area contributed by atoms with Crippen LogP contribution in [0.25, 0.3) is 0 Å². The van der Waals surface area contributed by atoms with E-state index in [4.69, 9.17) is 4.74 Å². The summed E-state index contributed by atoms with van der Waals surface area (Å²) in [6.07, 6.45) is 6.45. The number of aliphatic imine (C=N–C) groups is 1. The van der Waals surface area contributed by atoms with Gasteiger partial charge in [-0.1, -0.05) is 34.9 Å². The van der Waals surface area contributed by atoms with Crippen molar-refractivity contribution in [1.82, 2.24) is 20.4 Å². The molecule has 2 saturated heterocycles. The second kappa shape index (κ2) is 22.1. The van der Waals surface area contributed by atoms with Crippen LogP contribution in [0, 0.1) is 6.92 Å². The zero-order chi connectivity index (χ0) is 22.9. The molecule has 0 saturated carbocycles. The highest BCUT2D eigenvalue weighted by atomic mass is 16.5. The lowest BCUT2D eigenvalue weighted by atomic mass is 10.1. The molecule has 0 aromatic carbocycles. The van der Waals surface area contributed by atoms with E-state index in [0.29, 0.717) is 18.5 Å². The molecule has 0 radical (unpaired) electrons. The highest BCUT2D eigenvalue weighted by molar-refractivity contribution is 5.84. The normalized spacial score (nSPS) is 18.9. The van der Waals surface area contributed by atoms with Crippen LogP contribution in [0.15, 0.2) is 55.2 Å². The van der Waals surface area contributed by atoms with Crippen molar-refractivity contribution in [2.75, 3.05) is 46.4 Å². The Bertz CT molecular complexity index is 725. The number of hydrogen-bond acceptors (Lipinski definition) is 10. The molecule has 5 heterocycles. The van der Waals surface area contributed by atoms with Crippen LogP contribution in [0.4, 0.5) is 0 Å². The number of aromatic nitrogens is 2. The maximum absolute atomic E-state index is 5.10. The Morgan fingerprint density at radius 2 is 1.76 bits per heavy atom. The Morgan fingerprint density at radius 3 is 1.91 bits per heavy atom. The van der Waals surface area contributed by atoms with Crippen molar-refractivity contribution in [3.8, 4) is 0 Å². The van der Waals surface area contributed by atoms with E-state index in [1.54, 1.807) is 6.92 Å². The first-order chi connectivity index (χ1) is 14.9. The van der Waals surface area contributed by atoms with Crippen LogP contribution in [0.3, 0.4) is 0 Å². The molecule has 0 bridgehead atoms. The number of morpholine rings is 1. The summed E-state index contributed by atoms with van der Waals surface area (Å²) in [6.45, 7) is 17.2. The molecule has 4 aliphatic rings. The van der Waals surface area contributed by atoms with Crippen molar-refractivity contribution < 1.29 is 9.15 Å². The lowest BCUT2D eigenvalue weighted by Gasteiger charge is -2.27. The summed E-state index contributed by atoms with van der Waals surface area (Å²) in [5.74, 6) is 0.606. The van der Waals surface area contributed by atoms with E-state index in [0.717, 1.165) is 38.6 Å². The summed E-state index contributed by atoms with van der Waals surface area (Å²) in [5.41, 5.74) is 3.47. The zero-order valence-electron chi connectivity index (χ0n) is 19.4. The summed E-state index contributed by atoms with van der Waals surface area (Å²) in [4.78, 5) is 6.21. The fraction of sp³-hybridized carbons (Fsp3) is 0.667. The molecule has 1 unspecified atom stereocenters. The summed E-state index contributed by atoms with van der Waals surface area (Å²) in [6, 6.07) is 0.692. The van der Waals surface area contributed by atoms with E-state index < -0.39 is 0 Å². The quantitative estimate of drug-likeness (QED) is 0.561. The van der Waals surface area contributed by atoms with E-state index >= 15 is 0 Å². The number of ether oxygens (including phenoxy) is 1. The lowest BCUT2D eigenvalue weighted by molar-refractivity contribution is 0.0503. The maximum atomic E-state index is 5.10. The van der Waals surface area contributed by atoms with Crippen molar-refractivity contribution in [2.45, 2.75) is 62.4 Å². The van der Waals surface area contributed by atoms with Gasteiger partial charge in [-0.3, -0.25) is 4.99 Å². The Kier molecular flexibility index (Phi) is 23.3. The lowest BCUT2D eigenvalue weighted by Crippen LogP contribution is -2.36. The topological polar surface area (TPSA) is 113 Å². The van der Waals surface area contributed by atoms with Crippen molar-refractivity contribution >= 4 is 11.9 Å². The van der Waals surface area contributed by atoms with Crippen molar-refractivity contribution in [3.05, 3.63) is 36.2 Å². The smallest absolute Gasteiger partial charge is 0.213 e. The number of nitrogens with one attached hydrogen (secondary N) is 1. The molecule has 5 rings (SSSR count). The van der Waals surface area contributed by atoms with Crippen molar-refractivity contribution in [3.63, 3.8) is 0 Å². The fourth-order valence-corrected chi connectivity index (χ4v) is 2.30. The van der Waals surface area contributed by atoms with Crippen LogP contribution in [-0.2, 0) is 4.74 Å². The Labute approximate surface area is 207 Å². The van der Waals surface area contributed by atoms with Crippen LogP contribution < -0.4 is 5.32 Å². The second-order valence-electron chi connectivity index (χ2n) is 7.39. The number of hydrogen-bond donors (Lipinski definition) is 1. The highest BCUT2D eigenvalue weighted by Gasteiger charge is 2.12. The van der Waals surface area contributed by atoms with Crippen LogP contribution in [0.5, 0.6) is 0 Å². The van der Waals surface area contributed by atoms with Crippen LogP contribution in [-0.4, -0.2) is 79.5 Å². The average Bonchev–Trinajstić information content (AvgIpc) is 3.49. The minimum absolute atomic E-state index is 0. The van der Waals surface area contributed by atoms with E-state index in [-0.39, 0.29) is 22.3 Å². The van der Waals surface area contributed by atoms with Gasteiger partial charge < -0.3 is 19.4 Å². The predicted octanol–water partition coefficient (Wildman–Crippen LogP) is 4.96. The molecule has 34 heavy (non-hydrogen) atoms. The molecule has 1 N–H and O–H groups in total. The molecule has 196 valence electrons. The number of nitrogens with zero attached hydrogens (tertiary/aromatic N) is 7. The molecule has 10 nitrogen and oxygen atoms in total. The number of rotatable bonds is 0. The molecule has 0 amide bonds. The average molecular weight is 481 g/mol. The van der Waals surface area contributed by atoms with Crippen LogP contribution >= 0.6 is 0 Å². The van der Waals surface area contributed by atoms with Gasteiger partial charge in [0.15, 0.2) is 0 Å². The van der Waals surface area contributed by atoms with Gasteiger partial charge in [0.25, 0.3) is 0 Å². The van der Waals surface area contributed by atoms with E-state index in [9.17, 15) is 0 Å². The summed E-state index contributed by atoms with van der Waals surface area (Å²) in [5, 5.41) is 20.6. The molecule has 0 spiro atoms. The molecular weight excluding hydrogens is 432 g/mol. The molecule has 4 aliphatic heterocycles. The van der Waals surface area contributed by atoms with Gasteiger partial charge in [-0.05, 0) is 38.6 Å². The Balaban J connectivity index is -0.000000346. The van der Waals surface area contributed by atoms with Gasteiger partial charge in [-0.15, -0.1) is 15.3 Å². The molecule has 1 aromatic rings. The number of aryl methyl sites for hydroxylation is 1. The van der Waals surface area contributed by atoms with Crippen molar-refractivity contribution in [1.29, 1.82) is 0 Å². The second-order valence-corrected chi connectivity index (χ2v) is 7.39. The highest BCUT2D eigenvalue weighted by Crippen LogP contribution is 2.10. The molecule has 2 fully saturated rings. The van der Waals surface area contributed by atoms with E-state index in [1.807, 2.05) is 13.1 Å². The summed E-state index contributed by atoms with van der Waals surface area (Å²) >= 11 is 0. The molecular formula is C24H48N8O2. The molecule has 1 atom stereocenters. The fourth-order valence-electron chi connectivity index (χ4n) is 2.30. The first kappa shape index (κ1) is 35.9. The van der Waals surface area contributed by atoms with Gasteiger partial charge in [0.05, 0.1) is 25.5 Å².